The van der Waals surface area contributed by atoms with Crippen molar-refractivity contribution in [3.05, 3.63) is 68.3 Å². The average Bonchev–Trinajstić information content (AvgIpc) is 3.03. The van der Waals surface area contributed by atoms with E-state index in [2.05, 4.69) is 27.6 Å². The quantitative estimate of drug-likeness (QED) is 0.628. The van der Waals surface area contributed by atoms with Crippen LogP contribution in [0.3, 0.4) is 0 Å². The molecular formula is C17H14ClIN2OS. The number of carbonyl (C=O) groups excluding carboxylic acids is 1. The highest BCUT2D eigenvalue weighted by Crippen LogP contribution is 2.23. The lowest BCUT2D eigenvalue weighted by molar-refractivity contribution is 0.0859. The Bertz CT molecular complexity index is 749. The number of rotatable bonds is 3. The summed E-state index contributed by atoms with van der Waals surface area (Å²) >= 11 is 9.69. The fraction of sp³-hybridized carbons (Fsp3) is 0.176. The number of carbonyl (C=O) groups is 1. The normalized spacial score (nSPS) is 14.0. The van der Waals surface area contributed by atoms with Gasteiger partial charge in [0.2, 0.25) is 0 Å². The van der Waals surface area contributed by atoms with E-state index in [0.717, 1.165) is 30.6 Å². The van der Waals surface area contributed by atoms with Gasteiger partial charge in [-0.15, -0.1) is 0 Å². The van der Waals surface area contributed by atoms with Crippen molar-refractivity contribution in [1.29, 1.82) is 0 Å². The molecule has 1 aliphatic heterocycles. The summed E-state index contributed by atoms with van der Waals surface area (Å²) in [6.07, 6.45) is 0. The lowest BCUT2D eigenvalue weighted by Gasteiger charge is -2.18. The second-order valence-electron chi connectivity index (χ2n) is 5.02. The van der Waals surface area contributed by atoms with E-state index in [9.17, 15) is 4.79 Å². The van der Waals surface area contributed by atoms with Gasteiger partial charge in [0, 0.05) is 20.9 Å². The first-order valence-corrected chi connectivity index (χ1v) is 9.57. The van der Waals surface area contributed by atoms with E-state index in [-0.39, 0.29) is 5.91 Å². The van der Waals surface area contributed by atoms with Crippen LogP contribution >= 0.6 is 46.0 Å². The standard InChI is InChI=1S/C17H14ClIN2OS/c18-13-7-5-12(6-8-13)11-23-17-20-9-10-21(17)16(22)14-3-1-2-4-15(14)19/h1-8H,9-11H2. The van der Waals surface area contributed by atoms with Crippen molar-refractivity contribution >= 4 is 57.0 Å². The highest BCUT2D eigenvalue weighted by molar-refractivity contribution is 14.1. The first kappa shape index (κ1) is 16.8. The number of hydrogen-bond donors (Lipinski definition) is 0. The number of halogens is 2. The van der Waals surface area contributed by atoms with Gasteiger partial charge in [-0.2, -0.15) is 0 Å². The number of nitrogens with zero attached hydrogens (tertiary/aromatic N) is 2. The molecule has 1 amide bonds. The summed E-state index contributed by atoms with van der Waals surface area (Å²) in [5.74, 6) is 0.793. The van der Waals surface area contributed by atoms with Crippen LogP contribution in [0.4, 0.5) is 0 Å². The van der Waals surface area contributed by atoms with Crippen molar-refractivity contribution in [1.82, 2.24) is 4.90 Å². The molecule has 0 spiro atoms. The first-order valence-electron chi connectivity index (χ1n) is 7.13. The Labute approximate surface area is 158 Å². The van der Waals surface area contributed by atoms with Gasteiger partial charge in [0.05, 0.1) is 12.1 Å². The van der Waals surface area contributed by atoms with Gasteiger partial charge in [0.25, 0.3) is 5.91 Å². The summed E-state index contributed by atoms with van der Waals surface area (Å²) in [6.45, 7) is 1.31. The third-order valence-corrected chi connectivity index (χ3v) is 5.71. The molecule has 0 radical (unpaired) electrons. The summed E-state index contributed by atoms with van der Waals surface area (Å²) in [7, 11) is 0. The summed E-state index contributed by atoms with van der Waals surface area (Å²) in [5, 5.41) is 1.53. The van der Waals surface area contributed by atoms with Crippen LogP contribution in [0.25, 0.3) is 0 Å². The molecule has 0 saturated carbocycles. The number of benzene rings is 2. The SMILES string of the molecule is O=C(c1ccccc1I)N1CCN=C1SCc1ccc(Cl)cc1. The van der Waals surface area contributed by atoms with Crippen molar-refractivity contribution in [3.63, 3.8) is 0 Å². The monoisotopic (exact) mass is 456 g/mol. The number of thioether (sulfide) groups is 1. The van der Waals surface area contributed by atoms with Crippen LogP contribution in [0, 0.1) is 3.57 Å². The third-order valence-electron chi connectivity index (χ3n) is 3.43. The highest BCUT2D eigenvalue weighted by Gasteiger charge is 2.26. The Hall–Kier alpha value is -1.05. The van der Waals surface area contributed by atoms with Crippen LogP contribution < -0.4 is 0 Å². The molecule has 3 rings (SSSR count). The summed E-state index contributed by atoms with van der Waals surface area (Å²) in [6, 6.07) is 15.4. The van der Waals surface area contributed by atoms with E-state index >= 15 is 0 Å². The molecule has 0 aliphatic carbocycles. The third kappa shape index (κ3) is 4.08. The number of aliphatic imine (C=N–C) groups is 1. The van der Waals surface area contributed by atoms with Crippen molar-refractivity contribution in [2.75, 3.05) is 13.1 Å². The molecule has 0 fully saturated rings. The lowest BCUT2D eigenvalue weighted by atomic mass is 10.2. The van der Waals surface area contributed by atoms with Crippen LogP contribution in [-0.4, -0.2) is 29.1 Å². The van der Waals surface area contributed by atoms with Gasteiger partial charge in [0.1, 0.15) is 0 Å². The molecule has 1 aliphatic rings. The van der Waals surface area contributed by atoms with Crippen LogP contribution in [0.15, 0.2) is 53.5 Å². The zero-order valence-electron chi connectivity index (χ0n) is 12.2. The summed E-state index contributed by atoms with van der Waals surface area (Å²) in [4.78, 5) is 19.0. The van der Waals surface area contributed by atoms with Crippen molar-refractivity contribution in [2.24, 2.45) is 4.99 Å². The zero-order valence-corrected chi connectivity index (χ0v) is 15.9. The zero-order chi connectivity index (χ0) is 16.2. The van der Waals surface area contributed by atoms with E-state index in [1.54, 1.807) is 16.7 Å². The second-order valence-corrected chi connectivity index (χ2v) is 7.56. The molecule has 2 aromatic carbocycles. The predicted molar refractivity (Wildman–Crippen MR) is 105 cm³/mol. The topological polar surface area (TPSA) is 32.7 Å². The smallest absolute Gasteiger partial charge is 0.260 e. The molecule has 0 saturated heterocycles. The van der Waals surface area contributed by atoms with Gasteiger partial charge in [-0.05, 0) is 52.4 Å². The molecule has 2 aromatic rings. The Morgan fingerprint density at radius 3 is 2.70 bits per heavy atom. The number of hydrogen-bond acceptors (Lipinski definition) is 3. The van der Waals surface area contributed by atoms with Gasteiger partial charge in [0.15, 0.2) is 5.17 Å². The summed E-state index contributed by atoms with van der Waals surface area (Å²) in [5.41, 5.74) is 1.89. The van der Waals surface area contributed by atoms with E-state index in [1.165, 1.54) is 0 Å². The molecule has 1 heterocycles. The van der Waals surface area contributed by atoms with Crippen LogP contribution in [-0.2, 0) is 5.75 Å². The number of amidine groups is 1. The molecule has 3 nitrogen and oxygen atoms in total. The minimum atomic E-state index is 0.0230. The van der Waals surface area contributed by atoms with Gasteiger partial charge >= 0.3 is 0 Å². The summed E-state index contributed by atoms with van der Waals surface area (Å²) < 4.78 is 0.962. The van der Waals surface area contributed by atoms with E-state index in [1.807, 2.05) is 48.5 Å². The van der Waals surface area contributed by atoms with E-state index in [0.29, 0.717) is 13.1 Å². The molecule has 0 bridgehead atoms. The Balaban J connectivity index is 1.69. The molecule has 0 unspecified atom stereocenters. The molecule has 118 valence electrons. The molecular weight excluding hydrogens is 443 g/mol. The Morgan fingerprint density at radius 2 is 1.96 bits per heavy atom. The highest BCUT2D eigenvalue weighted by atomic mass is 127. The fourth-order valence-corrected chi connectivity index (χ4v) is 3.99. The molecule has 6 heteroatoms. The lowest BCUT2D eigenvalue weighted by Crippen LogP contribution is -2.33. The van der Waals surface area contributed by atoms with Gasteiger partial charge in [-0.3, -0.25) is 14.7 Å². The van der Waals surface area contributed by atoms with E-state index in [4.69, 9.17) is 11.6 Å². The van der Waals surface area contributed by atoms with Gasteiger partial charge < -0.3 is 0 Å². The Kier molecular flexibility index (Phi) is 5.61. The molecule has 0 aromatic heterocycles. The minimum absolute atomic E-state index is 0.0230. The van der Waals surface area contributed by atoms with Crippen LogP contribution in [0.5, 0.6) is 0 Å². The maximum Gasteiger partial charge on any atom is 0.260 e. The maximum atomic E-state index is 12.7. The fourth-order valence-electron chi connectivity index (χ4n) is 2.25. The average molecular weight is 457 g/mol. The van der Waals surface area contributed by atoms with Crippen molar-refractivity contribution in [3.8, 4) is 0 Å². The maximum absolute atomic E-state index is 12.7. The van der Waals surface area contributed by atoms with Crippen LogP contribution in [0.1, 0.15) is 15.9 Å². The van der Waals surface area contributed by atoms with Gasteiger partial charge in [-0.1, -0.05) is 47.6 Å². The minimum Gasteiger partial charge on any atom is -0.286 e. The van der Waals surface area contributed by atoms with Gasteiger partial charge in [-0.25, -0.2) is 0 Å². The largest absolute Gasteiger partial charge is 0.286 e. The predicted octanol–water partition coefficient (Wildman–Crippen LogP) is 4.69. The van der Waals surface area contributed by atoms with E-state index < -0.39 is 0 Å². The Morgan fingerprint density at radius 1 is 1.22 bits per heavy atom. The van der Waals surface area contributed by atoms with Crippen molar-refractivity contribution in [2.45, 2.75) is 5.75 Å². The first-order chi connectivity index (χ1) is 11.1. The molecule has 0 N–H and O–H groups in total. The second kappa shape index (κ2) is 7.68. The van der Waals surface area contributed by atoms with Crippen molar-refractivity contribution < 1.29 is 4.79 Å². The van der Waals surface area contributed by atoms with Crippen LogP contribution in [0.2, 0.25) is 5.02 Å². The number of amides is 1. The molecule has 23 heavy (non-hydrogen) atoms. The molecule has 0 atom stereocenters.